The smallest absolute Gasteiger partial charge is 0.243 e. The van der Waals surface area contributed by atoms with E-state index >= 15 is 0 Å². The highest BCUT2D eigenvalue weighted by molar-refractivity contribution is 7.89. The predicted octanol–water partition coefficient (Wildman–Crippen LogP) is 1.31. The lowest BCUT2D eigenvalue weighted by molar-refractivity contribution is 0.360. The molecule has 0 atom stereocenters. The molecular formula is C11H14ClN3O2S2. The molecule has 5 nitrogen and oxygen atoms in total. The van der Waals surface area contributed by atoms with Crippen LogP contribution in [0.15, 0.2) is 28.6 Å². The van der Waals surface area contributed by atoms with E-state index in [1.54, 1.807) is 23.7 Å². The highest BCUT2D eigenvalue weighted by Crippen LogP contribution is 2.24. The Morgan fingerprint density at radius 2 is 2.00 bits per heavy atom. The van der Waals surface area contributed by atoms with Gasteiger partial charge in [-0.05, 0) is 18.2 Å². The van der Waals surface area contributed by atoms with E-state index in [9.17, 15) is 8.42 Å². The van der Waals surface area contributed by atoms with Crippen LogP contribution in [0.25, 0.3) is 10.2 Å². The van der Waals surface area contributed by atoms with Gasteiger partial charge in [-0.15, -0.1) is 23.7 Å². The highest BCUT2D eigenvalue weighted by atomic mass is 35.5. The first kappa shape index (κ1) is 14.7. The van der Waals surface area contributed by atoms with Crippen LogP contribution < -0.4 is 5.32 Å². The summed E-state index contributed by atoms with van der Waals surface area (Å²) in [5.74, 6) is 0. The molecular weight excluding hydrogens is 306 g/mol. The predicted molar refractivity (Wildman–Crippen MR) is 78.5 cm³/mol. The van der Waals surface area contributed by atoms with E-state index in [1.807, 2.05) is 0 Å². The lowest BCUT2D eigenvalue weighted by atomic mass is 10.3. The molecule has 1 aliphatic heterocycles. The zero-order chi connectivity index (χ0) is 12.6. The number of nitrogens with one attached hydrogen (secondary N) is 1. The van der Waals surface area contributed by atoms with Crippen molar-refractivity contribution >= 4 is 44.0 Å². The first-order valence-corrected chi connectivity index (χ1v) is 8.04. The second kappa shape index (κ2) is 5.72. The van der Waals surface area contributed by atoms with Gasteiger partial charge >= 0.3 is 0 Å². The third kappa shape index (κ3) is 2.75. The Labute approximate surface area is 122 Å². The zero-order valence-corrected chi connectivity index (χ0v) is 12.5. The van der Waals surface area contributed by atoms with Crippen LogP contribution in [-0.2, 0) is 10.0 Å². The number of fused-ring (bicyclic) bond motifs is 1. The molecule has 104 valence electrons. The summed E-state index contributed by atoms with van der Waals surface area (Å²) < 4.78 is 27.3. The second-order valence-electron chi connectivity index (χ2n) is 4.14. The fraction of sp³-hybridized carbons (Fsp3) is 0.364. The molecule has 1 N–H and O–H groups in total. The Hall–Kier alpha value is -0.730. The van der Waals surface area contributed by atoms with Crippen LogP contribution in [0.3, 0.4) is 0 Å². The molecule has 0 spiro atoms. The van der Waals surface area contributed by atoms with Crippen LogP contribution in [-0.4, -0.2) is 43.9 Å². The fourth-order valence-corrected chi connectivity index (χ4v) is 4.29. The molecule has 1 aromatic heterocycles. The monoisotopic (exact) mass is 319 g/mol. The van der Waals surface area contributed by atoms with Crippen molar-refractivity contribution in [1.29, 1.82) is 0 Å². The molecule has 2 heterocycles. The Bertz CT molecular complexity index is 665. The molecule has 1 aliphatic rings. The fourth-order valence-electron chi connectivity index (χ4n) is 2.03. The Morgan fingerprint density at radius 3 is 2.74 bits per heavy atom. The Balaban J connectivity index is 0.00000133. The van der Waals surface area contributed by atoms with Crippen molar-refractivity contribution in [2.45, 2.75) is 4.90 Å². The highest BCUT2D eigenvalue weighted by Gasteiger charge is 2.25. The molecule has 1 aromatic carbocycles. The third-order valence-electron chi connectivity index (χ3n) is 3.02. The average molecular weight is 320 g/mol. The minimum atomic E-state index is -3.36. The standard InChI is InChI=1S/C11H13N3O2S2.ClH/c15-18(16,14-5-3-12-4-6-14)9-1-2-10-11(7-9)17-8-13-10;/h1-2,7-8,12H,3-6H2;1H. The van der Waals surface area contributed by atoms with Crippen LogP contribution in [0, 0.1) is 0 Å². The van der Waals surface area contributed by atoms with Gasteiger partial charge in [-0.2, -0.15) is 4.31 Å². The normalized spacial score (nSPS) is 17.3. The molecule has 0 aliphatic carbocycles. The van der Waals surface area contributed by atoms with Gasteiger partial charge in [0.1, 0.15) is 0 Å². The maximum atomic E-state index is 12.4. The van der Waals surface area contributed by atoms with E-state index in [1.165, 1.54) is 15.6 Å². The number of hydrogen-bond donors (Lipinski definition) is 1. The van der Waals surface area contributed by atoms with Crippen LogP contribution in [0.5, 0.6) is 0 Å². The third-order valence-corrected chi connectivity index (χ3v) is 5.70. The van der Waals surface area contributed by atoms with E-state index in [0.717, 1.165) is 10.2 Å². The number of thiazole rings is 1. The molecule has 1 saturated heterocycles. The summed E-state index contributed by atoms with van der Waals surface area (Å²) in [6, 6.07) is 5.12. The first-order chi connectivity index (χ1) is 8.68. The van der Waals surface area contributed by atoms with Gasteiger partial charge in [-0.25, -0.2) is 13.4 Å². The molecule has 8 heteroatoms. The van der Waals surface area contributed by atoms with Gasteiger partial charge in [0.15, 0.2) is 0 Å². The number of halogens is 1. The van der Waals surface area contributed by atoms with Crippen molar-refractivity contribution in [3.05, 3.63) is 23.7 Å². The lowest BCUT2D eigenvalue weighted by Crippen LogP contribution is -2.46. The maximum absolute atomic E-state index is 12.4. The van der Waals surface area contributed by atoms with E-state index in [0.29, 0.717) is 31.1 Å². The first-order valence-electron chi connectivity index (χ1n) is 5.72. The zero-order valence-electron chi connectivity index (χ0n) is 10.1. The number of piperazine rings is 1. The summed E-state index contributed by atoms with van der Waals surface area (Å²) in [5.41, 5.74) is 2.57. The minimum Gasteiger partial charge on any atom is -0.314 e. The second-order valence-corrected chi connectivity index (χ2v) is 6.96. The number of aromatic nitrogens is 1. The van der Waals surface area contributed by atoms with Crippen molar-refractivity contribution in [2.75, 3.05) is 26.2 Å². The molecule has 19 heavy (non-hydrogen) atoms. The molecule has 0 unspecified atom stereocenters. The quantitative estimate of drug-likeness (QED) is 0.906. The van der Waals surface area contributed by atoms with Gasteiger partial charge in [-0.1, -0.05) is 0 Å². The molecule has 0 bridgehead atoms. The van der Waals surface area contributed by atoms with Gasteiger partial charge < -0.3 is 5.32 Å². The molecule has 1 fully saturated rings. The summed E-state index contributed by atoms with van der Waals surface area (Å²) in [6.07, 6.45) is 0. The van der Waals surface area contributed by atoms with Crippen LogP contribution in [0.2, 0.25) is 0 Å². The summed E-state index contributed by atoms with van der Waals surface area (Å²) in [7, 11) is -3.36. The van der Waals surface area contributed by atoms with Crippen LogP contribution >= 0.6 is 23.7 Å². The van der Waals surface area contributed by atoms with Gasteiger partial charge in [0.05, 0.1) is 20.6 Å². The van der Waals surface area contributed by atoms with E-state index < -0.39 is 10.0 Å². The molecule has 0 radical (unpaired) electrons. The van der Waals surface area contributed by atoms with Crippen molar-refractivity contribution in [3.8, 4) is 0 Å². The van der Waals surface area contributed by atoms with Crippen LogP contribution in [0.1, 0.15) is 0 Å². The van der Waals surface area contributed by atoms with Crippen molar-refractivity contribution in [3.63, 3.8) is 0 Å². The number of benzene rings is 1. The van der Waals surface area contributed by atoms with Gasteiger partial charge in [0.25, 0.3) is 0 Å². The van der Waals surface area contributed by atoms with E-state index in [2.05, 4.69) is 10.3 Å². The average Bonchev–Trinajstić information content (AvgIpc) is 2.87. The number of sulfonamides is 1. The van der Waals surface area contributed by atoms with Crippen molar-refractivity contribution in [2.24, 2.45) is 0 Å². The van der Waals surface area contributed by atoms with E-state index in [4.69, 9.17) is 0 Å². The number of rotatable bonds is 2. The number of nitrogens with zero attached hydrogens (tertiary/aromatic N) is 2. The summed E-state index contributed by atoms with van der Waals surface area (Å²) in [4.78, 5) is 4.52. The van der Waals surface area contributed by atoms with Crippen molar-refractivity contribution < 1.29 is 8.42 Å². The SMILES string of the molecule is Cl.O=S(=O)(c1ccc2ncsc2c1)N1CCNCC1. The maximum Gasteiger partial charge on any atom is 0.243 e. The van der Waals surface area contributed by atoms with Crippen molar-refractivity contribution in [1.82, 2.24) is 14.6 Å². The summed E-state index contributed by atoms with van der Waals surface area (Å²) in [5, 5.41) is 3.15. The lowest BCUT2D eigenvalue weighted by Gasteiger charge is -2.26. The van der Waals surface area contributed by atoms with Gasteiger partial charge in [0, 0.05) is 26.2 Å². The molecule has 3 rings (SSSR count). The van der Waals surface area contributed by atoms with Gasteiger partial charge in [-0.3, -0.25) is 0 Å². The van der Waals surface area contributed by atoms with Gasteiger partial charge in [0.2, 0.25) is 10.0 Å². The van der Waals surface area contributed by atoms with E-state index in [-0.39, 0.29) is 12.4 Å². The largest absolute Gasteiger partial charge is 0.314 e. The Morgan fingerprint density at radius 1 is 1.26 bits per heavy atom. The number of hydrogen-bond acceptors (Lipinski definition) is 5. The topological polar surface area (TPSA) is 62.3 Å². The Kier molecular flexibility index (Phi) is 4.42. The molecule has 2 aromatic rings. The molecule has 0 saturated carbocycles. The summed E-state index contributed by atoms with van der Waals surface area (Å²) >= 11 is 1.46. The van der Waals surface area contributed by atoms with Crippen LogP contribution in [0.4, 0.5) is 0 Å². The molecule has 0 amide bonds. The summed E-state index contributed by atoms with van der Waals surface area (Å²) in [6.45, 7) is 2.48. The minimum absolute atomic E-state index is 0.